The van der Waals surface area contributed by atoms with Crippen molar-refractivity contribution in [2.75, 3.05) is 6.61 Å². The maximum Gasteiger partial charge on any atom is 0.348 e. The molecule has 0 saturated heterocycles. The van der Waals surface area contributed by atoms with E-state index in [1.54, 1.807) is 48.5 Å². The number of rotatable bonds is 6. The highest BCUT2D eigenvalue weighted by Gasteiger charge is 2.15. The summed E-state index contributed by atoms with van der Waals surface area (Å²) in [5.74, 6) is -0.400. The minimum atomic E-state index is -0.577. The number of carbonyl (C=O) groups excluding carboxylic acids is 2. The summed E-state index contributed by atoms with van der Waals surface area (Å²) >= 11 is 0. The second-order valence-corrected chi connectivity index (χ2v) is 4.14. The van der Waals surface area contributed by atoms with Crippen LogP contribution in [0, 0.1) is 0 Å². The van der Waals surface area contributed by atoms with Gasteiger partial charge in [0.1, 0.15) is 5.75 Å². The van der Waals surface area contributed by atoms with Crippen molar-refractivity contribution in [3.63, 3.8) is 0 Å². The third kappa shape index (κ3) is 3.79. The van der Waals surface area contributed by atoms with Crippen LogP contribution in [0.4, 0.5) is 0 Å². The number of ketones is 1. The highest BCUT2D eigenvalue weighted by atomic mass is 16.6. The smallest absolute Gasteiger partial charge is 0.348 e. The second kappa shape index (κ2) is 7.05. The molecule has 4 nitrogen and oxygen atoms in total. The fourth-order valence-corrected chi connectivity index (χ4v) is 1.79. The van der Waals surface area contributed by atoms with Gasteiger partial charge in [-0.05, 0) is 12.1 Å². The van der Waals surface area contributed by atoms with E-state index >= 15 is 0 Å². The Morgan fingerprint density at radius 2 is 1.67 bits per heavy atom. The number of carbonyl (C=O) groups is 2. The van der Waals surface area contributed by atoms with Crippen molar-refractivity contribution in [2.45, 2.75) is 0 Å². The summed E-state index contributed by atoms with van der Waals surface area (Å²) in [5.41, 5.74) is 0.956. The predicted octanol–water partition coefficient (Wildman–Crippen LogP) is 2.98. The lowest BCUT2D eigenvalue weighted by Gasteiger charge is -2.09. The van der Waals surface area contributed by atoms with Gasteiger partial charge in [-0.3, -0.25) is 4.79 Å². The van der Waals surface area contributed by atoms with Gasteiger partial charge >= 0.3 is 5.97 Å². The molecule has 0 aliphatic rings. The van der Waals surface area contributed by atoms with Crippen LogP contribution >= 0.6 is 0 Å². The van der Waals surface area contributed by atoms with Gasteiger partial charge in [-0.15, -0.1) is 0 Å². The Kier molecular flexibility index (Phi) is 4.88. The van der Waals surface area contributed by atoms with E-state index in [9.17, 15) is 9.59 Å². The quantitative estimate of drug-likeness (QED) is 0.464. The highest BCUT2D eigenvalue weighted by Crippen LogP contribution is 2.21. The van der Waals surface area contributed by atoms with Crippen LogP contribution < -0.4 is 4.74 Å². The van der Waals surface area contributed by atoms with Gasteiger partial charge in [-0.25, -0.2) is 4.79 Å². The SMILES string of the molecule is C=COC(=O)COc1ccccc1C(=O)c1ccccc1. The number of benzene rings is 2. The molecule has 0 spiro atoms. The first-order chi connectivity index (χ1) is 10.2. The van der Waals surface area contributed by atoms with E-state index < -0.39 is 5.97 Å². The number of esters is 1. The third-order valence-corrected chi connectivity index (χ3v) is 2.73. The molecule has 0 unspecified atom stereocenters. The normalized spacial score (nSPS) is 9.71. The van der Waals surface area contributed by atoms with Gasteiger partial charge in [0.15, 0.2) is 12.4 Å². The minimum Gasteiger partial charge on any atom is -0.481 e. The predicted molar refractivity (Wildman–Crippen MR) is 78.1 cm³/mol. The van der Waals surface area contributed by atoms with Gasteiger partial charge in [0.2, 0.25) is 0 Å². The molecule has 21 heavy (non-hydrogen) atoms. The molecule has 0 bridgehead atoms. The van der Waals surface area contributed by atoms with E-state index in [0.717, 1.165) is 6.26 Å². The number of hydrogen-bond acceptors (Lipinski definition) is 4. The highest BCUT2D eigenvalue weighted by molar-refractivity contribution is 6.10. The van der Waals surface area contributed by atoms with Crippen LogP contribution in [0.15, 0.2) is 67.4 Å². The Labute approximate surface area is 122 Å². The third-order valence-electron chi connectivity index (χ3n) is 2.73. The summed E-state index contributed by atoms with van der Waals surface area (Å²) in [4.78, 5) is 23.7. The molecule has 4 heteroatoms. The molecule has 106 valence electrons. The average Bonchev–Trinajstić information content (AvgIpc) is 2.54. The summed E-state index contributed by atoms with van der Waals surface area (Å²) in [6.07, 6.45) is 1.03. The lowest BCUT2D eigenvalue weighted by atomic mass is 10.0. The van der Waals surface area contributed by atoms with Crippen LogP contribution in [0.1, 0.15) is 15.9 Å². The van der Waals surface area contributed by atoms with Gasteiger partial charge in [0.25, 0.3) is 0 Å². The number of para-hydroxylation sites is 1. The van der Waals surface area contributed by atoms with Gasteiger partial charge in [-0.1, -0.05) is 49.0 Å². The van der Waals surface area contributed by atoms with E-state index in [4.69, 9.17) is 4.74 Å². The maximum atomic E-state index is 12.4. The van der Waals surface area contributed by atoms with Crippen LogP contribution in [0.25, 0.3) is 0 Å². The largest absolute Gasteiger partial charge is 0.481 e. The second-order valence-electron chi connectivity index (χ2n) is 4.14. The Morgan fingerprint density at radius 3 is 2.38 bits per heavy atom. The Balaban J connectivity index is 2.19. The number of hydrogen-bond donors (Lipinski definition) is 0. The zero-order valence-electron chi connectivity index (χ0n) is 11.3. The average molecular weight is 282 g/mol. The monoisotopic (exact) mass is 282 g/mol. The molecule has 0 aliphatic carbocycles. The molecule has 0 radical (unpaired) electrons. The van der Waals surface area contributed by atoms with E-state index in [1.807, 2.05) is 6.07 Å². The maximum absolute atomic E-state index is 12.4. The summed E-state index contributed by atoms with van der Waals surface area (Å²) in [7, 11) is 0. The Morgan fingerprint density at radius 1 is 1.00 bits per heavy atom. The standard InChI is InChI=1S/C17H14O4/c1-2-20-16(18)12-21-15-11-7-6-10-14(15)17(19)13-8-4-3-5-9-13/h2-11H,1,12H2. The van der Waals surface area contributed by atoms with Crippen molar-refractivity contribution < 1.29 is 19.1 Å². The van der Waals surface area contributed by atoms with Gasteiger partial charge < -0.3 is 9.47 Å². The molecule has 0 aromatic heterocycles. The van der Waals surface area contributed by atoms with E-state index in [1.165, 1.54) is 0 Å². The molecule has 0 saturated carbocycles. The van der Waals surface area contributed by atoms with Crippen molar-refractivity contribution in [2.24, 2.45) is 0 Å². The van der Waals surface area contributed by atoms with Crippen LogP contribution in [-0.2, 0) is 9.53 Å². The molecular formula is C17H14O4. The van der Waals surface area contributed by atoms with Gasteiger partial charge in [0.05, 0.1) is 11.8 Å². The molecular weight excluding hydrogens is 268 g/mol. The summed E-state index contributed by atoms with van der Waals surface area (Å²) < 4.78 is 9.91. The molecule has 2 rings (SSSR count). The molecule has 0 N–H and O–H groups in total. The van der Waals surface area contributed by atoms with Crippen molar-refractivity contribution in [1.29, 1.82) is 0 Å². The lowest BCUT2D eigenvalue weighted by molar-refractivity contribution is -0.140. The summed E-state index contributed by atoms with van der Waals surface area (Å²) in [6, 6.07) is 15.6. The molecule has 0 heterocycles. The zero-order valence-corrected chi connectivity index (χ0v) is 11.3. The summed E-state index contributed by atoms with van der Waals surface area (Å²) in [6.45, 7) is 3.00. The van der Waals surface area contributed by atoms with E-state index in [2.05, 4.69) is 11.3 Å². The van der Waals surface area contributed by atoms with Crippen LogP contribution in [0.5, 0.6) is 5.75 Å². The zero-order chi connectivity index (χ0) is 15.1. The first kappa shape index (κ1) is 14.5. The summed E-state index contributed by atoms with van der Waals surface area (Å²) in [5, 5.41) is 0. The Hall–Kier alpha value is -2.88. The molecule has 0 aliphatic heterocycles. The van der Waals surface area contributed by atoms with Crippen LogP contribution in [0.3, 0.4) is 0 Å². The van der Waals surface area contributed by atoms with Crippen molar-refractivity contribution in [3.05, 3.63) is 78.6 Å². The molecule has 0 atom stereocenters. The lowest BCUT2D eigenvalue weighted by Crippen LogP contribution is -2.14. The van der Waals surface area contributed by atoms with Crippen LogP contribution in [0.2, 0.25) is 0 Å². The first-order valence-corrected chi connectivity index (χ1v) is 6.34. The topological polar surface area (TPSA) is 52.6 Å². The van der Waals surface area contributed by atoms with Crippen LogP contribution in [-0.4, -0.2) is 18.4 Å². The number of ether oxygens (including phenoxy) is 2. The van der Waals surface area contributed by atoms with Crippen molar-refractivity contribution in [1.82, 2.24) is 0 Å². The molecule has 0 fully saturated rings. The fourth-order valence-electron chi connectivity index (χ4n) is 1.79. The Bertz CT molecular complexity index is 647. The molecule has 0 amide bonds. The van der Waals surface area contributed by atoms with Gasteiger partial charge in [-0.2, -0.15) is 0 Å². The fraction of sp³-hybridized carbons (Fsp3) is 0.0588. The van der Waals surface area contributed by atoms with Gasteiger partial charge in [0, 0.05) is 5.56 Å². The molecule has 2 aromatic carbocycles. The first-order valence-electron chi connectivity index (χ1n) is 6.34. The van der Waals surface area contributed by atoms with Crippen molar-refractivity contribution in [3.8, 4) is 5.75 Å². The van der Waals surface area contributed by atoms with E-state index in [-0.39, 0.29) is 12.4 Å². The van der Waals surface area contributed by atoms with Crippen molar-refractivity contribution >= 4 is 11.8 Å². The van der Waals surface area contributed by atoms with E-state index in [0.29, 0.717) is 16.9 Å². The molecule has 2 aromatic rings. The minimum absolute atomic E-state index is 0.164.